The summed E-state index contributed by atoms with van der Waals surface area (Å²) in [6.45, 7) is 7.57. The van der Waals surface area contributed by atoms with Crippen molar-refractivity contribution in [2.24, 2.45) is 5.92 Å². The van der Waals surface area contributed by atoms with Crippen molar-refractivity contribution in [1.82, 2.24) is 0 Å². The highest BCUT2D eigenvalue weighted by molar-refractivity contribution is 5.69. The minimum Gasteiger partial charge on any atom is -0.466 e. The highest BCUT2D eigenvalue weighted by Gasteiger charge is 2.03. The Labute approximate surface area is 241 Å². The van der Waals surface area contributed by atoms with Gasteiger partial charge in [-0.25, -0.2) is 0 Å². The summed E-state index contributed by atoms with van der Waals surface area (Å²) in [5.74, 6) is 0.885. The molecule has 0 spiro atoms. The molecule has 0 atom stereocenters. The second kappa shape index (κ2) is 32.7. The van der Waals surface area contributed by atoms with E-state index in [0.29, 0.717) is 13.0 Å². The number of esters is 1. The second-order valence-corrected chi connectivity index (χ2v) is 12.7. The van der Waals surface area contributed by atoms with Gasteiger partial charge in [0.05, 0.1) is 6.61 Å². The molecule has 0 saturated heterocycles. The zero-order valence-electron chi connectivity index (χ0n) is 26.8. The molecule has 0 unspecified atom stereocenters. The van der Waals surface area contributed by atoms with Crippen LogP contribution in [0.15, 0.2) is 0 Å². The largest absolute Gasteiger partial charge is 0.466 e. The molecule has 0 aliphatic heterocycles. The monoisotopic (exact) mass is 537 g/mol. The zero-order chi connectivity index (χ0) is 27.8. The number of carbonyl (C=O) groups excluding carboxylic acids is 1. The maximum Gasteiger partial charge on any atom is 0.305 e. The molecule has 0 rings (SSSR count). The van der Waals surface area contributed by atoms with Gasteiger partial charge >= 0.3 is 5.97 Å². The van der Waals surface area contributed by atoms with E-state index in [1.807, 2.05) is 0 Å². The van der Waals surface area contributed by atoms with Gasteiger partial charge in [-0.3, -0.25) is 4.79 Å². The Balaban J connectivity index is 3.14. The smallest absolute Gasteiger partial charge is 0.305 e. The van der Waals surface area contributed by atoms with Crippen LogP contribution in [0, 0.1) is 5.92 Å². The van der Waals surface area contributed by atoms with Crippen LogP contribution in [0.5, 0.6) is 0 Å². The molecule has 0 fully saturated rings. The molecule has 0 aromatic heterocycles. The summed E-state index contributed by atoms with van der Waals surface area (Å²) in [7, 11) is 0. The van der Waals surface area contributed by atoms with Crippen LogP contribution in [0.3, 0.4) is 0 Å². The van der Waals surface area contributed by atoms with Gasteiger partial charge in [-0.05, 0) is 18.8 Å². The fraction of sp³-hybridized carbons (Fsp3) is 0.972. The summed E-state index contributed by atoms with van der Waals surface area (Å²) in [6, 6.07) is 0. The van der Waals surface area contributed by atoms with Crippen molar-refractivity contribution < 1.29 is 9.53 Å². The van der Waals surface area contributed by atoms with Crippen molar-refractivity contribution >= 4 is 5.97 Å². The fourth-order valence-electron chi connectivity index (χ4n) is 5.50. The molecule has 2 heteroatoms. The van der Waals surface area contributed by atoms with Crippen molar-refractivity contribution in [2.75, 3.05) is 6.61 Å². The van der Waals surface area contributed by atoms with Crippen LogP contribution in [-0.2, 0) is 9.53 Å². The Morgan fingerprint density at radius 3 is 1.13 bits per heavy atom. The van der Waals surface area contributed by atoms with E-state index < -0.39 is 0 Å². The summed E-state index contributed by atoms with van der Waals surface area (Å²) in [5, 5.41) is 0. The molecule has 228 valence electrons. The molecular formula is C36H72O2. The van der Waals surface area contributed by atoms with Gasteiger partial charge in [0.1, 0.15) is 0 Å². The molecule has 0 aliphatic carbocycles. The predicted octanol–water partition coefficient (Wildman–Crippen LogP) is 12.9. The van der Waals surface area contributed by atoms with Crippen LogP contribution >= 0.6 is 0 Å². The maximum absolute atomic E-state index is 11.9. The van der Waals surface area contributed by atoms with E-state index in [4.69, 9.17) is 4.74 Å². The van der Waals surface area contributed by atoms with Crippen molar-refractivity contribution in [3.63, 3.8) is 0 Å². The van der Waals surface area contributed by atoms with Crippen LogP contribution in [0.2, 0.25) is 0 Å². The van der Waals surface area contributed by atoms with Crippen LogP contribution in [0.25, 0.3) is 0 Å². The van der Waals surface area contributed by atoms with E-state index in [9.17, 15) is 4.79 Å². The van der Waals surface area contributed by atoms with Crippen LogP contribution in [0.1, 0.15) is 213 Å². The maximum atomic E-state index is 11.9. The second-order valence-electron chi connectivity index (χ2n) is 12.7. The van der Waals surface area contributed by atoms with Crippen molar-refractivity contribution in [3.8, 4) is 0 Å². The molecule has 0 aromatic rings. The average molecular weight is 537 g/mol. The standard InChI is InChI=1S/C36H72O2/c1-4-5-6-7-8-9-10-11-12-13-14-15-16-17-18-21-24-27-30-33-36(37)38-34-31-28-25-22-19-20-23-26-29-32-35(2)3/h35H,4-34H2,1-3H3. The first-order valence-electron chi connectivity index (χ1n) is 17.8. The number of carbonyl (C=O) groups is 1. The third-order valence-corrected chi connectivity index (χ3v) is 8.17. The van der Waals surface area contributed by atoms with Gasteiger partial charge in [0, 0.05) is 6.42 Å². The van der Waals surface area contributed by atoms with Gasteiger partial charge < -0.3 is 4.74 Å². The topological polar surface area (TPSA) is 26.3 Å². The van der Waals surface area contributed by atoms with Crippen molar-refractivity contribution in [3.05, 3.63) is 0 Å². The zero-order valence-corrected chi connectivity index (χ0v) is 26.8. The summed E-state index contributed by atoms with van der Waals surface area (Å²) in [4.78, 5) is 11.9. The minimum atomic E-state index is 0.0263. The summed E-state index contributed by atoms with van der Waals surface area (Å²) in [5.41, 5.74) is 0. The Bertz CT molecular complexity index is 445. The molecule has 38 heavy (non-hydrogen) atoms. The van der Waals surface area contributed by atoms with E-state index in [0.717, 1.165) is 18.8 Å². The third-order valence-electron chi connectivity index (χ3n) is 8.17. The Morgan fingerprint density at radius 2 is 0.763 bits per heavy atom. The van der Waals surface area contributed by atoms with Gasteiger partial charge in [-0.15, -0.1) is 0 Å². The van der Waals surface area contributed by atoms with Gasteiger partial charge in [0.25, 0.3) is 0 Å². The first-order valence-corrected chi connectivity index (χ1v) is 17.8. The molecule has 0 radical (unpaired) electrons. The van der Waals surface area contributed by atoms with Gasteiger partial charge in [0.15, 0.2) is 0 Å². The van der Waals surface area contributed by atoms with Crippen molar-refractivity contribution in [2.45, 2.75) is 213 Å². The SMILES string of the molecule is CCCCCCCCCCCCCCCCCCCCCC(=O)OCCCCCCCCCCCC(C)C. The Kier molecular flexibility index (Phi) is 32.2. The van der Waals surface area contributed by atoms with Crippen LogP contribution in [-0.4, -0.2) is 12.6 Å². The average Bonchev–Trinajstić information content (AvgIpc) is 2.90. The fourth-order valence-corrected chi connectivity index (χ4v) is 5.50. The third kappa shape index (κ3) is 33.5. The molecule has 0 bridgehead atoms. The summed E-state index contributed by atoms with van der Waals surface area (Å²) in [6.07, 6.45) is 40.2. The molecule has 0 saturated carbocycles. The molecule has 0 aromatic carbocycles. The van der Waals surface area contributed by atoms with Gasteiger partial charge in [-0.1, -0.05) is 194 Å². The summed E-state index contributed by atoms with van der Waals surface area (Å²) < 4.78 is 5.43. The predicted molar refractivity (Wildman–Crippen MR) is 170 cm³/mol. The normalized spacial score (nSPS) is 11.5. The number of hydrogen-bond donors (Lipinski definition) is 0. The number of unbranched alkanes of at least 4 members (excludes halogenated alkanes) is 26. The van der Waals surface area contributed by atoms with Gasteiger partial charge in [-0.2, -0.15) is 0 Å². The lowest BCUT2D eigenvalue weighted by Gasteiger charge is -2.06. The lowest BCUT2D eigenvalue weighted by Crippen LogP contribution is -2.05. The molecule has 0 aliphatic rings. The Morgan fingerprint density at radius 1 is 0.447 bits per heavy atom. The van der Waals surface area contributed by atoms with E-state index in [2.05, 4.69) is 20.8 Å². The molecule has 0 amide bonds. The van der Waals surface area contributed by atoms with Crippen LogP contribution in [0.4, 0.5) is 0 Å². The number of hydrogen-bond acceptors (Lipinski definition) is 2. The lowest BCUT2D eigenvalue weighted by molar-refractivity contribution is -0.143. The highest BCUT2D eigenvalue weighted by atomic mass is 16.5. The molecule has 2 nitrogen and oxygen atoms in total. The van der Waals surface area contributed by atoms with Gasteiger partial charge in [0.2, 0.25) is 0 Å². The molecule has 0 N–H and O–H groups in total. The Hall–Kier alpha value is -0.530. The van der Waals surface area contributed by atoms with Crippen molar-refractivity contribution in [1.29, 1.82) is 0 Å². The van der Waals surface area contributed by atoms with E-state index in [1.54, 1.807) is 0 Å². The van der Waals surface area contributed by atoms with E-state index in [1.165, 1.54) is 173 Å². The molecular weight excluding hydrogens is 464 g/mol. The first kappa shape index (κ1) is 37.5. The van der Waals surface area contributed by atoms with Crippen LogP contribution < -0.4 is 0 Å². The highest BCUT2D eigenvalue weighted by Crippen LogP contribution is 2.16. The van der Waals surface area contributed by atoms with E-state index >= 15 is 0 Å². The first-order chi connectivity index (χ1) is 18.7. The number of ether oxygens (including phenoxy) is 1. The molecule has 0 heterocycles. The number of rotatable bonds is 32. The lowest BCUT2D eigenvalue weighted by atomic mass is 10.0. The quantitative estimate of drug-likeness (QED) is 0.0631. The minimum absolute atomic E-state index is 0.0263. The summed E-state index contributed by atoms with van der Waals surface area (Å²) >= 11 is 0. The van der Waals surface area contributed by atoms with E-state index in [-0.39, 0.29) is 5.97 Å².